The molecule has 0 saturated carbocycles. The van der Waals surface area contributed by atoms with Gasteiger partial charge in [0.05, 0.1) is 11.3 Å². The number of nitrogens with zero attached hydrogens (tertiary/aromatic N) is 1. The summed E-state index contributed by atoms with van der Waals surface area (Å²) >= 11 is 0. The first-order valence-corrected chi connectivity index (χ1v) is 11.2. The molecule has 1 aliphatic rings. The summed E-state index contributed by atoms with van der Waals surface area (Å²) < 4.78 is 39.2. The molecule has 1 N–H and O–H groups in total. The minimum absolute atomic E-state index is 0.0983. The van der Waals surface area contributed by atoms with Crippen molar-refractivity contribution in [2.45, 2.75) is 76.9 Å². The molecule has 0 amide bonds. The lowest BCUT2D eigenvalue weighted by Crippen LogP contribution is -2.19. The van der Waals surface area contributed by atoms with E-state index in [9.17, 15) is 18.0 Å². The summed E-state index contributed by atoms with van der Waals surface area (Å²) in [4.78, 5) is 12.6. The molecule has 2 atom stereocenters. The van der Waals surface area contributed by atoms with Gasteiger partial charge in [0.1, 0.15) is 5.78 Å². The lowest BCUT2D eigenvalue weighted by Gasteiger charge is -2.18. The van der Waals surface area contributed by atoms with Crippen LogP contribution >= 0.6 is 0 Å². The Labute approximate surface area is 189 Å². The zero-order valence-corrected chi connectivity index (χ0v) is 18.9. The number of carbonyl (C=O) groups excluding carboxylic acids is 1. The summed E-state index contributed by atoms with van der Waals surface area (Å²) in [5.41, 5.74) is 5.09. The molecule has 0 fully saturated rings. The smallest absolute Gasteiger partial charge is 0.306 e. The van der Waals surface area contributed by atoms with Gasteiger partial charge in [0.2, 0.25) is 0 Å². The first-order valence-electron chi connectivity index (χ1n) is 11.2. The molecule has 32 heavy (non-hydrogen) atoms. The molecule has 0 aliphatic carbocycles. The van der Waals surface area contributed by atoms with E-state index < -0.39 is 11.7 Å². The van der Waals surface area contributed by atoms with Gasteiger partial charge in [-0.3, -0.25) is 4.79 Å². The number of Topliss-reactive ketones (excluding diaryl/α,β-unsaturated/α-hetero) is 1. The number of benzene rings is 1. The number of halogens is 3. The predicted molar refractivity (Wildman–Crippen MR) is 125 cm³/mol. The van der Waals surface area contributed by atoms with E-state index in [-0.39, 0.29) is 24.2 Å². The number of carbonyl (C=O) groups is 1. The maximum Gasteiger partial charge on any atom is 0.416 e. The predicted octanol–water partition coefficient (Wildman–Crippen LogP) is 7.13. The molecular formula is C26H33F3N2O. The number of nitrogens with one attached hydrogen (secondary N) is 1. The van der Waals surface area contributed by atoms with Crippen molar-refractivity contribution in [3.8, 4) is 0 Å². The molecule has 0 aromatic heterocycles. The Morgan fingerprint density at radius 2 is 2.16 bits per heavy atom. The average molecular weight is 447 g/mol. The van der Waals surface area contributed by atoms with E-state index in [1.54, 1.807) is 12.1 Å². The minimum Gasteiger partial charge on any atom is -0.306 e. The van der Waals surface area contributed by atoms with E-state index in [0.717, 1.165) is 43.0 Å². The Kier molecular flexibility index (Phi) is 9.95. The highest BCUT2D eigenvalue weighted by atomic mass is 19.4. The number of rotatable bonds is 12. The Balaban J connectivity index is 1.86. The number of hydrazone groups is 1. The highest BCUT2D eigenvalue weighted by molar-refractivity contribution is 6.03. The van der Waals surface area contributed by atoms with Crippen LogP contribution in [0, 0.1) is 0 Å². The van der Waals surface area contributed by atoms with E-state index in [1.165, 1.54) is 12.1 Å². The maximum absolute atomic E-state index is 13.1. The van der Waals surface area contributed by atoms with Crippen molar-refractivity contribution in [2.24, 2.45) is 5.10 Å². The third-order valence-corrected chi connectivity index (χ3v) is 5.60. The van der Waals surface area contributed by atoms with Crippen LogP contribution in [0.5, 0.6) is 0 Å². The molecule has 0 saturated heterocycles. The first-order chi connectivity index (χ1) is 15.3. The fourth-order valence-electron chi connectivity index (χ4n) is 4.02. The van der Waals surface area contributed by atoms with Crippen LogP contribution in [0.2, 0.25) is 0 Å². The SMILES string of the molecule is C=C/C=C(\C=C/C)C1=NNC(CCCC(=O)CC(CCC)c2cccc(C(F)(F)F)c2)C1. The molecule has 1 heterocycles. The summed E-state index contributed by atoms with van der Waals surface area (Å²) in [5, 5.41) is 4.42. The van der Waals surface area contributed by atoms with Gasteiger partial charge in [0.25, 0.3) is 0 Å². The van der Waals surface area contributed by atoms with Gasteiger partial charge in [0, 0.05) is 25.3 Å². The summed E-state index contributed by atoms with van der Waals surface area (Å²) in [6.07, 6.45) is 7.79. The Hall–Kier alpha value is -2.63. The fraction of sp³-hybridized carbons (Fsp3) is 0.462. The minimum atomic E-state index is -4.38. The number of hydrogen-bond donors (Lipinski definition) is 1. The van der Waals surface area contributed by atoms with Crippen LogP contribution in [-0.2, 0) is 11.0 Å². The highest BCUT2D eigenvalue weighted by Crippen LogP contribution is 2.33. The van der Waals surface area contributed by atoms with Crippen molar-refractivity contribution in [3.05, 3.63) is 71.8 Å². The van der Waals surface area contributed by atoms with Crippen LogP contribution in [0.4, 0.5) is 13.2 Å². The molecule has 0 bridgehead atoms. The van der Waals surface area contributed by atoms with Crippen LogP contribution in [0.3, 0.4) is 0 Å². The van der Waals surface area contributed by atoms with Gasteiger partial charge in [-0.1, -0.05) is 62.4 Å². The molecule has 1 aliphatic heterocycles. The Bertz CT molecular complexity index is 868. The lowest BCUT2D eigenvalue weighted by molar-refractivity contribution is -0.137. The average Bonchev–Trinajstić information content (AvgIpc) is 3.21. The summed E-state index contributed by atoms with van der Waals surface area (Å²) in [6.45, 7) is 7.67. The third-order valence-electron chi connectivity index (χ3n) is 5.60. The number of hydrogen-bond acceptors (Lipinski definition) is 3. The van der Waals surface area contributed by atoms with Gasteiger partial charge in [-0.25, -0.2) is 0 Å². The molecule has 3 nitrogen and oxygen atoms in total. The second-order valence-electron chi connectivity index (χ2n) is 8.19. The monoisotopic (exact) mass is 446 g/mol. The molecule has 1 aromatic rings. The largest absolute Gasteiger partial charge is 0.416 e. The summed E-state index contributed by atoms with van der Waals surface area (Å²) in [7, 11) is 0. The molecule has 6 heteroatoms. The number of ketones is 1. The highest BCUT2D eigenvalue weighted by Gasteiger charge is 2.31. The zero-order chi connectivity index (χ0) is 23.6. The second kappa shape index (κ2) is 12.4. The van der Waals surface area contributed by atoms with E-state index in [0.29, 0.717) is 18.4 Å². The molecule has 2 rings (SSSR count). The van der Waals surface area contributed by atoms with E-state index in [2.05, 4.69) is 17.1 Å². The Morgan fingerprint density at radius 1 is 1.38 bits per heavy atom. The molecule has 0 spiro atoms. The fourth-order valence-corrected chi connectivity index (χ4v) is 4.02. The summed E-state index contributed by atoms with van der Waals surface area (Å²) in [6, 6.07) is 5.58. The van der Waals surface area contributed by atoms with Gasteiger partial charge in [-0.2, -0.15) is 18.3 Å². The topological polar surface area (TPSA) is 41.5 Å². The normalized spacial score (nSPS) is 17.8. The first kappa shape index (κ1) is 25.6. The van der Waals surface area contributed by atoms with Crippen LogP contribution in [0.25, 0.3) is 0 Å². The molecule has 1 aromatic carbocycles. The Morgan fingerprint density at radius 3 is 2.81 bits per heavy atom. The standard InChI is InChI=1S/C26H33F3N2O/c1-4-9-19(10-5-2)25-18-23(30-31-25)14-8-15-24(32)17-20(11-6-3)21-12-7-13-22(16-21)26(27,28)29/h4-5,7,9-10,12-13,16,20,23,30H,1,6,8,11,14-15,17-18H2,2-3H3/b10-5-,19-9+. The maximum atomic E-state index is 13.1. The molecular weight excluding hydrogens is 413 g/mol. The molecule has 0 radical (unpaired) electrons. The van der Waals surface area contributed by atoms with E-state index in [4.69, 9.17) is 0 Å². The number of allylic oxidation sites excluding steroid dienone is 5. The van der Waals surface area contributed by atoms with E-state index >= 15 is 0 Å². The van der Waals surface area contributed by atoms with Crippen molar-refractivity contribution < 1.29 is 18.0 Å². The van der Waals surface area contributed by atoms with Crippen LogP contribution in [0.1, 0.15) is 75.8 Å². The van der Waals surface area contributed by atoms with Gasteiger partial charge >= 0.3 is 6.18 Å². The quantitative estimate of drug-likeness (QED) is 0.347. The van der Waals surface area contributed by atoms with Crippen LogP contribution in [-0.4, -0.2) is 17.5 Å². The van der Waals surface area contributed by atoms with Crippen molar-refractivity contribution in [1.29, 1.82) is 0 Å². The van der Waals surface area contributed by atoms with Gasteiger partial charge in [-0.05, 0) is 49.3 Å². The van der Waals surface area contributed by atoms with Crippen LogP contribution in [0.15, 0.2) is 65.8 Å². The van der Waals surface area contributed by atoms with Crippen molar-refractivity contribution in [1.82, 2.24) is 5.43 Å². The van der Waals surface area contributed by atoms with Crippen molar-refractivity contribution in [3.63, 3.8) is 0 Å². The van der Waals surface area contributed by atoms with Crippen LogP contribution < -0.4 is 5.43 Å². The third kappa shape index (κ3) is 7.81. The van der Waals surface area contributed by atoms with Gasteiger partial charge in [0.15, 0.2) is 0 Å². The molecule has 2 unspecified atom stereocenters. The van der Waals surface area contributed by atoms with E-state index in [1.807, 2.05) is 32.1 Å². The summed E-state index contributed by atoms with van der Waals surface area (Å²) in [5.74, 6) is -0.0806. The number of alkyl halides is 3. The van der Waals surface area contributed by atoms with Crippen molar-refractivity contribution >= 4 is 11.5 Å². The molecule has 174 valence electrons. The van der Waals surface area contributed by atoms with Crippen molar-refractivity contribution in [2.75, 3.05) is 0 Å². The van der Waals surface area contributed by atoms with Gasteiger partial charge in [-0.15, -0.1) is 0 Å². The van der Waals surface area contributed by atoms with Gasteiger partial charge < -0.3 is 5.43 Å². The zero-order valence-electron chi connectivity index (χ0n) is 18.9. The second-order valence-corrected chi connectivity index (χ2v) is 8.19. The lowest BCUT2D eigenvalue weighted by atomic mass is 9.87.